The van der Waals surface area contributed by atoms with E-state index in [0.717, 1.165) is 10.6 Å². The lowest BCUT2D eigenvalue weighted by Gasteiger charge is -2.25. The zero-order valence-corrected chi connectivity index (χ0v) is 12.0. The van der Waals surface area contributed by atoms with Crippen molar-refractivity contribution in [2.45, 2.75) is 39.3 Å². The molecule has 1 aromatic heterocycles. The summed E-state index contributed by atoms with van der Waals surface area (Å²) in [5.74, 6) is -0.186. The largest absolute Gasteiger partial charge is 0.465 e. The number of carbonyl (C=O) groups excluding carboxylic acids is 1. The van der Waals surface area contributed by atoms with Crippen LogP contribution in [0.1, 0.15) is 42.5 Å². The van der Waals surface area contributed by atoms with Gasteiger partial charge in [0.1, 0.15) is 0 Å². The Bertz CT molecular complexity index is 581. The maximum atomic E-state index is 12.3. The zero-order valence-electron chi connectivity index (χ0n) is 12.0. The summed E-state index contributed by atoms with van der Waals surface area (Å²) in [7, 11) is 0. The summed E-state index contributed by atoms with van der Waals surface area (Å²) in [6.45, 7) is 10.2. The normalized spacial score (nSPS) is 15.2. The summed E-state index contributed by atoms with van der Waals surface area (Å²) >= 11 is 0. The lowest BCUT2D eigenvalue weighted by Crippen LogP contribution is -2.39. The number of amides is 1. The van der Waals surface area contributed by atoms with Crippen molar-refractivity contribution in [3.8, 4) is 0 Å². The standard InChI is InChI=1S/C14H19N3O3/c1-5-6-17-9-7-16(13(19)20)8-10(18)11(9)12(15-17)14(2,3)4/h5H,1,6-8H2,2-4H3,(H,19,20). The van der Waals surface area contributed by atoms with E-state index in [1.165, 1.54) is 0 Å². The quantitative estimate of drug-likeness (QED) is 0.839. The highest BCUT2D eigenvalue weighted by Gasteiger charge is 2.36. The highest BCUT2D eigenvalue weighted by Crippen LogP contribution is 2.31. The van der Waals surface area contributed by atoms with Gasteiger partial charge in [-0.25, -0.2) is 4.79 Å². The number of carboxylic acid groups (broad SMARTS) is 1. The fraction of sp³-hybridized carbons (Fsp3) is 0.500. The van der Waals surface area contributed by atoms with E-state index in [2.05, 4.69) is 11.7 Å². The first-order valence-corrected chi connectivity index (χ1v) is 6.47. The molecule has 0 aliphatic carbocycles. The van der Waals surface area contributed by atoms with E-state index in [-0.39, 0.29) is 24.3 Å². The molecule has 0 atom stereocenters. The molecule has 1 aromatic rings. The maximum Gasteiger partial charge on any atom is 0.408 e. The maximum absolute atomic E-state index is 12.3. The summed E-state index contributed by atoms with van der Waals surface area (Å²) in [6, 6.07) is 0. The third-order valence-electron chi connectivity index (χ3n) is 3.29. The minimum atomic E-state index is -1.09. The van der Waals surface area contributed by atoms with Gasteiger partial charge in [-0.3, -0.25) is 14.4 Å². The van der Waals surface area contributed by atoms with Gasteiger partial charge in [0.05, 0.1) is 36.6 Å². The molecule has 1 aliphatic heterocycles. The van der Waals surface area contributed by atoms with E-state index in [1.54, 1.807) is 10.8 Å². The van der Waals surface area contributed by atoms with Crippen LogP contribution in [0.4, 0.5) is 4.79 Å². The van der Waals surface area contributed by atoms with E-state index in [4.69, 9.17) is 5.11 Å². The van der Waals surface area contributed by atoms with Crippen molar-refractivity contribution in [2.75, 3.05) is 6.54 Å². The van der Waals surface area contributed by atoms with Crippen molar-refractivity contribution in [2.24, 2.45) is 0 Å². The minimum absolute atomic E-state index is 0.106. The molecule has 1 aliphatic rings. The number of hydrogen-bond acceptors (Lipinski definition) is 3. The number of Topliss-reactive ketones (excluding diaryl/α,β-unsaturated/α-hetero) is 1. The zero-order chi connectivity index (χ0) is 15.1. The van der Waals surface area contributed by atoms with Crippen LogP contribution in [0.2, 0.25) is 0 Å². The van der Waals surface area contributed by atoms with Crippen molar-refractivity contribution < 1.29 is 14.7 Å². The molecule has 0 fully saturated rings. The molecule has 20 heavy (non-hydrogen) atoms. The number of nitrogens with zero attached hydrogens (tertiary/aromatic N) is 3. The van der Waals surface area contributed by atoms with Gasteiger partial charge in [0.2, 0.25) is 0 Å². The Morgan fingerprint density at radius 1 is 1.45 bits per heavy atom. The fourth-order valence-electron chi connectivity index (χ4n) is 2.37. The van der Waals surface area contributed by atoms with Crippen LogP contribution in [-0.4, -0.2) is 38.2 Å². The van der Waals surface area contributed by atoms with E-state index in [0.29, 0.717) is 17.8 Å². The SMILES string of the molecule is C=CCn1nc(C(C)(C)C)c2c1CN(C(=O)O)CC2=O. The molecule has 2 heterocycles. The van der Waals surface area contributed by atoms with Crippen LogP contribution >= 0.6 is 0 Å². The first-order valence-electron chi connectivity index (χ1n) is 6.47. The van der Waals surface area contributed by atoms with Crippen LogP contribution in [0.25, 0.3) is 0 Å². The van der Waals surface area contributed by atoms with Crippen LogP contribution in [-0.2, 0) is 18.5 Å². The van der Waals surface area contributed by atoms with E-state index in [1.807, 2.05) is 20.8 Å². The Morgan fingerprint density at radius 3 is 2.60 bits per heavy atom. The topological polar surface area (TPSA) is 75.4 Å². The lowest BCUT2D eigenvalue weighted by atomic mass is 9.86. The molecule has 6 nitrogen and oxygen atoms in total. The first kappa shape index (κ1) is 14.3. The molecule has 0 bridgehead atoms. The molecule has 1 N–H and O–H groups in total. The number of hydrogen-bond donors (Lipinski definition) is 1. The van der Waals surface area contributed by atoms with Crippen molar-refractivity contribution >= 4 is 11.9 Å². The van der Waals surface area contributed by atoms with Crippen molar-refractivity contribution in [1.29, 1.82) is 0 Å². The monoisotopic (exact) mass is 277 g/mol. The average molecular weight is 277 g/mol. The first-order chi connectivity index (χ1) is 9.25. The smallest absolute Gasteiger partial charge is 0.408 e. The Morgan fingerprint density at radius 2 is 2.10 bits per heavy atom. The predicted molar refractivity (Wildman–Crippen MR) is 73.9 cm³/mol. The van der Waals surface area contributed by atoms with E-state index in [9.17, 15) is 9.59 Å². The Kier molecular flexibility index (Phi) is 3.41. The Labute approximate surface area is 117 Å². The number of rotatable bonds is 2. The van der Waals surface area contributed by atoms with E-state index < -0.39 is 6.09 Å². The Balaban J connectivity index is 2.59. The van der Waals surface area contributed by atoms with Gasteiger partial charge < -0.3 is 5.11 Å². The molecule has 0 saturated heterocycles. The van der Waals surface area contributed by atoms with Crippen LogP contribution < -0.4 is 0 Å². The third kappa shape index (κ3) is 2.33. The summed E-state index contributed by atoms with van der Waals surface area (Å²) in [4.78, 5) is 24.5. The molecule has 108 valence electrons. The van der Waals surface area contributed by atoms with Gasteiger partial charge >= 0.3 is 6.09 Å². The lowest BCUT2D eigenvalue weighted by molar-refractivity contribution is 0.0868. The summed E-state index contributed by atoms with van der Waals surface area (Å²) < 4.78 is 1.68. The van der Waals surface area contributed by atoms with Crippen LogP contribution in [0.3, 0.4) is 0 Å². The molecule has 0 saturated carbocycles. The average Bonchev–Trinajstić information content (AvgIpc) is 2.69. The fourth-order valence-corrected chi connectivity index (χ4v) is 2.37. The van der Waals surface area contributed by atoms with Crippen LogP contribution in [0, 0.1) is 0 Å². The number of allylic oxidation sites excluding steroid dienone is 1. The van der Waals surface area contributed by atoms with Gasteiger partial charge in [0.15, 0.2) is 5.78 Å². The number of aromatic nitrogens is 2. The van der Waals surface area contributed by atoms with Gasteiger partial charge in [-0.05, 0) is 0 Å². The molecule has 0 aromatic carbocycles. The highest BCUT2D eigenvalue weighted by atomic mass is 16.4. The second-order valence-corrected chi connectivity index (χ2v) is 5.95. The van der Waals surface area contributed by atoms with Crippen molar-refractivity contribution in [1.82, 2.24) is 14.7 Å². The van der Waals surface area contributed by atoms with Gasteiger partial charge in [0.25, 0.3) is 0 Å². The van der Waals surface area contributed by atoms with Crippen LogP contribution in [0.15, 0.2) is 12.7 Å². The third-order valence-corrected chi connectivity index (χ3v) is 3.29. The predicted octanol–water partition coefficient (Wildman–Crippen LogP) is 2.04. The van der Waals surface area contributed by atoms with Crippen LogP contribution in [0.5, 0.6) is 0 Å². The number of fused-ring (bicyclic) bond motifs is 1. The van der Waals surface area contributed by atoms with E-state index >= 15 is 0 Å². The van der Waals surface area contributed by atoms with Gasteiger partial charge in [-0.1, -0.05) is 26.8 Å². The molecule has 0 radical (unpaired) electrons. The second kappa shape index (κ2) is 4.77. The molecular formula is C14H19N3O3. The summed E-state index contributed by atoms with van der Waals surface area (Å²) in [6.07, 6.45) is 0.594. The van der Waals surface area contributed by atoms with Gasteiger partial charge in [-0.2, -0.15) is 5.10 Å². The van der Waals surface area contributed by atoms with Crippen molar-refractivity contribution in [3.63, 3.8) is 0 Å². The highest BCUT2D eigenvalue weighted by molar-refractivity contribution is 6.02. The number of carbonyl (C=O) groups is 2. The molecule has 0 spiro atoms. The minimum Gasteiger partial charge on any atom is -0.465 e. The summed E-state index contributed by atoms with van der Waals surface area (Å²) in [5.41, 5.74) is 1.70. The molecule has 2 rings (SSSR count). The molecule has 1 amide bonds. The summed E-state index contributed by atoms with van der Waals surface area (Å²) in [5, 5.41) is 13.6. The van der Waals surface area contributed by atoms with Crippen molar-refractivity contribution in [3.05, 3.63) is 29.6 Å². The van der Waals surface area contributed by atoms with Gasteiger partial charge in [0, 0.05) is 5.41 Å². The molecular weight excluding hydrogens is 258 g/mol. The molecule has 6 heteroatoms. The van der Waals surface area contributed by atoms with Gasteiger partial charge in [-0.15, -0.1) is 6.58 Å². The molecule has 0 unspecified atom stereocenters. The number of ketones is 1. The second-order valence-electron chi connectivity index (χ2n) is 5.95. The Hall–Kier alpha value is -2.11.